The van der Waals surface area contributed by atoms with Gasteiger partial charge in [-0.25, -0.2) is 4.79 Å². The SMILES string of the molecule is CCC(C=CC=C(C)C=CC1=C(C)CCCC1(C)C)=CC(=O)O. The van der Waals surface area contributed by atoms with Gasteiger partial charge in [0.1, 0.15) is 0 Å². The Kier molecular flexibility index (Phi) is 7.28. The molecule has 23 heavy (non-hydrogen) atoms. The molecule has 1 aliphatic rings. The Bertz CT molecular complexity index is 581. The molecular formula is C21H30O2. The molecule has 1 rings (SSSR count). The van der Waals surface area contributed by atoms with Crippen LogP contribution in [-0.2, 0) is 4.79 Å². The van der Waals surface area contributed by atoms with Crippen molar-refractivity contribution in [2.45, 2.75) is 60.3 Å². The summed E-state index contributed by atoms with van der Waals surface area (Å²) in [6, 6.07) is 0. The van der Waals surface area contributed by atoms with Gasteiger partial charge in [-0.15, -0.1) is 0 Å². The van der Waals surface area contributed by atoms with Crippen LogP contribution in [0.25, 0.3) is 0 Å². The maximum atomic E-state index is 10.7. The number of aliphatic carboxylic acids is 1. The monoisotopic (exact) mass is 314 g/mol. The zero-order valence-electron chi connectivity index (χ0n) is 15.1. The van der Waals surface area contributed by atoms with Crippen LogP contribution < -0.4 is 0 Å². The van der Waals surface area contributed by atoms with Gasteiger partial charge in [0.05, 0.1) is 0 Å². The van der Waals surface area contributed by atoms with E-state index in [-0.39, 0.29) is 5.41 Å². The van der Waals surface area contributed by atoms with Crippen LogP contribution in [0, 0.1) is 5.41 Å². The highest BCUT2D eigenvalue weighted by Crippen LogP contribution is 2.40. The van der Waals surface area contributed by atoms with E-state index >= 15 is 0 Å². The second kappa shape index (κ2) is 8.71. The zero-order valence-corrected chi connectivity index (χ0v) is 15.1. The van der Waals surface area contributed by atoms with Gasteiger partial charge in [-0.05, 0) is 56.1 Å². The molecule has 2 heteroatoms. The molecule has 0 heterocycles. The van der Waals surface area contributed by atoms with E-state index < -0.39 is 5.97 Å². The molecule has 0 saturated heterocycles. The number of allylic oxidation sites excluding steroid dienone is 9. The van der Waals surface area contributed by atoms with Gasteiger partial charge in [0.2, 0.25) is 0 Å². The van der Waals surface area contributed by atoms with Gasteiger partial charge in [0.15, 0.2) is 0 Å². The summed E-state index contributed by atoms with van der Waals surface area (Å²) in [7, 11) is 0. The zero-order chi connectivity index (χ0) is 17.5. The lowest BCUT2D eigenvalue weighted by molar-refractivity contribution is -0.131. The molecule has 0 spiro atoms. The lowest BCUT2D eigenvalue weighted by Crippen LogP contribution is -2.19. The van der Waals surface area contributed by atoms with E-state index in [0.717, 1.165) is 11.1 Å². The maximum absolute atomic E-state index is 10.7. The summed E-state index contributed by atoms with van der Waals surface area (Å²) in [4.78, 5) is 10.7. The summed E-state index contributed by atoms with van der Waals surface area (Å²) in [6.07, 6.45) is 15.9. The Morgan fingerprint density at radius 2 is 2.00 bits per heavy atom. The van der Waals surface area contributed by atoms with Crippen molar-refractivity contribution in [1.29, 1.82) is 0 Å². The van der Waals surface area contributed by atoms with E-state index in [4.69, 9.17) is 5.11 Å². The Hall–Kier alpha value is -1.83. The Morgan fingerprint density at radius 3 is 2.57 bits per heavy atom. The molecule has 0 amide bonds. The van der Waals surface area contributed by atoms with Crippen LogP contribution in [0.2, 0.25) is 0 Å². The van der Waals surface area contributed by atoms with Crippen LogP contribution in [0.3, 0.4) is 0 Å². The maximum Gasteiger partial charge on any atom is 0.328 e. The first-order valence-corrected chi connectivity index (χ1v) is 8.43. The smallest absolute Gasteiger partial charge is 0.328 e. The van der Waals surface area contributed by atoms with E-state index in [0.29, 0.717) is 6.42 Å². The average molecular weight is 314 g/mol. The minimum absolute atomic E-state index is 0.258. The number of carbonyl (C=O) groups is 1. The fraction of sp³-hybridized carbons (Fsp3) is 0.476. The molecule has 0 aromatic rings. The molecule has 0 aromatic heterocycles. The third-order valence-corrected chi connectivity index (χ3v) is 4.44. The minimum atomic E-state index is -0.894. The average Bonchev–Trinajstić information content (AvgIpc) is 2.44. The van der Waals surface area contributed by atoms with E-state index in [9.17, 15) is 4.79 Å². The third kappa shape index (κ3) is 6.43. The molecule has 126 valence electrons. The van der Waals surface area contributed by atoms with Crippen LogP contribution in [0.15, 0.2) is 58.7 Å². The second-order valence-corrected chi connectivity index (χ2v) is 6.95. The Morgan fingerprint density at radius 1 is 1.30 bits per heavy atom. The predicted octanol–water partition coefficient (Wildman–Crippen LogP) is 5.99. The van der Waals surface area contributed by atoms with Gasteiger partial charge >= 0.3 is 5.97 Å². The predicted molar refractivity (Wildman–Crippen MR) is 98.4 cm³/mol. The van der Waals surface area contributed by atoms with Crippen molar-refractivity contribution in [2.24, 2.45) is 5.41 Å². The topological polar surface area (TPSA) is 37.3 Å². The van der Waals surface area contributed by atoms with Crippen molar-refractivity contribution in [2.75, 3.05) is 0 Å². The van der Waals surface area contributed by atoms with Gasteiger partial charge in [-0.2, -0.15) is 0 Å². The van der Waals surface area contributed by atoms with E-state index in [2.05, 4.69) is 39.8 Å². The number of hydrogen-bond acceptors (Lipinski definition) is 1. The Balaban J connectivity index is 2.82. The molecule has 0 saturated carbocycles. The third-order valence-electron chi connectivity index (χ3n) is 4.44. The van der Waals surface area contributed by atoms with Crippen molar-refractivity contribution in [3.05, 3.63) is 58.7 Å². The van der Waals surface area contributed by atoms with Crippen molar-refractivity contribution >= 4 is 5.97 Å². The number of hydrogen-bond donors (Lipinski definition) is 1. The standard InChI is InChI=1S/C21H30O2/c1-6-18(15-20(22)23)11-7-9-16(2)12-13-19-17(3)10-8-14-21(19,4)5/h7,9,11-13,15H,6,8,10,14H2,1-5H3,(H,22,23). The molecule has 0 radical (unpaired) electrons. The molecular weight excluding hydrogens is 284 g/mol. The highest BCUT2D eigenvalue weighted by atomic mass is 16.4. The van der Waals surface area contributed by atoms with Crippen molar-refractivity contribution in [3.63, 3.8) is 0 Å². The van der Waals surface area contributed by atoms with Gasteiger partial charge in [-0.1, -0.05) is 62.3 Å². The summed E-state index contributed by atoms with van der Waals surface area (Å²) < 4.78 is 0. The Labute approximate surface area is 141 Å². The molecule has 0 unspecified atom stereocenters. The first-order chi connectivity index (χ1) is 10.8. The van der Waals surface area contributed by atoms with E-state index in [1.54, 1.807) is 0 Å². The largest absolute Gasteiger partial charge is 0.478 e. The van der Waals surface area contributed by atoms with Crippen molar-refractivity contribution < 1.29 is 9.90 Å². The van der Waals surface area contributed by atoms with Gasteiger partial charge in [0.25, 0.3) is 0 Å². The van der Waals surface area contributed by atoms with Crippen LogP contribution in [0.4, 0.5) is 0 Å². The number of rotatable bonds is 6. The molecule has 1 aliphatic carbocycles. The number of carboxylic acid groups (broad SMARTS) is 1. The quantitative estimate of drug-likeness (QED) is 0.483. The van der Waals surface area contributed by atoms with Gasteiger partial charge in [0, 0.05) is 6.08 Å². The molecule has 1 N–H and O–H groups in total. The van der Waals surface area contributed by atoms with Crippen molar-refractivity contribution in [3.8, 4) is 0 Å². The molecule has 0 fully saturated rings. The van der Waals surface area contributed by atoms with Crippen LogP contribution in [0.5, 0.6) is 0 Å². The van der Waals surface area contributed by atoms with Crippen molar-refractivity contribution in [1.82, 2.24) is 0 Å². The fourth-order valence-corrected chi connectivity index (χ4v) is 3.03. The van der Waals surface area contributed by atoms with E-state index in [1.807, 2.05) is 25.2 Å². The fourth-order valence-electron chi connectivity index (χ4n) is 3.03. The normalized spacial score (nSPS) is 19.9. The summed E-state index contributed by atoms with van der Waals surface area (Å²) in [5, 5.41) is 8.78. The molecule has 0 bridgehead atoms. The van der Waals surface area contributed by atoms with Gasteiger partial charge in [-0.3, -0.25) is 0 Å². The van der Waals surface area contributed by atoms with Crippen LogP contribution in [-0.4, -0.2) is 11.1 Å². The molecule has 0 atom stereocenters. The molecule has 2 nitrogen and oxygen atoms in total. The summed E-state index contributed by atoms with van der Waals surface area (Å²) in [5.41, 5.74) is 5.19. The van der Waals surface area contributed by atoms with Crippen LogP contribution >= 0.6 is 0 Å². The first-order valence-electron chi connectivity index (χ1n) is 8.43. The first kappa shape index (κ1) is 19.2. The summed E-state index contributed by atoms with van der Waals surface area (Å²) >= 11 is 0. The molecule has 0 aliphatic heterocycles. The summed E-state index contributed by atoms with van der Waals surface area (Å²) in [6.45, 7) is 10.9. The summed E-state index contributed by atoms with van der Waals surface area (Å²) in [5.74, 6) is -0.894. The lowest BCUT2D eigenvalue weighted by atomic mass is 9.72. The lowest BCUT2D eigenvalue weighted by Gasteiger charge is -2.32. The highest BCUT2D eigenvalue weighted by Gasteiger charge is 2.26. The van der Waals surface area contributed by atoms with Gasteiger partial charge < -0.3 is 5.11 Å². The van der Waals surface area contributed by atoms with E-state index in [1.165, 1.54) is 36.5 Å². The van der Waals surface area contributed by atoms with Crippen LogP contribution in [0.1, 0.15) is 60.3 Å². The number of carboxylic acids is 1. The minimum Gasteiger partial charge on any atom is -0.478 e. The second-order valence-electron chi connectivity index (χ2n) is 6.95. The highest BCUT2D eigenvalue weighted by molar-refractivity contribution is 5.81. The molecule has 0 aromatic carbocycles.